The van der Waals surface area contributed by atoms with Gasteiger partial charge in [-0.1, -0.05) is 18.6 Å². The molecule has 1 aliphatic carbocycles. The molecule has 2 nitrogen and oxygen atoms in total. The number of nitrogens with one attached hydrogen (secondary N) is 2. The second kappa shape index (κ2) is 3.86. The number of rotatable bonds is 3. The molecule has 1 aliphatic rings. The molecule has 1 aromatic rings. The van der Waals surface area contributed by atoms with Crippen LogP contribution in [0.1, 0.15) is 38.3 Å². The Bertz CT molecular complexity index is 271. The Hall–Kier alpha value is -0.920. The highest BCUT2D eigenvalue weighted by atomic mass is 15.1. The van der Waals surface area contributed by atoms with E-state index in [9.17, 15) is 0 Å². The van der Waals surface area contributed by atoms with Crippen molar-refractivity contribution in [2.24, 2.45) is 5.92 Å². The van der Waals surface area contributed by atoms with E-state index in [1.54, 1.807) is 5.57 Å². The fourth-order valence-electron chi connectivity index (χ4n) is 2.11. The average Bonchev–Trinajstić information content (AvgIpc) is 2.12. The van der Waals surface area contributed by atoms with Crippen molar-refractivity contribution in [3.05, 3.63) is 23.5 Å². The highest BCUT2D eigenvalue weighted by molar-refractivity contribution is 5.10. The van der Waals surface area contributed by atoms with Gasteiger partial charge >= 0.3 is 0 Å². The second-order valence-electron chi connectivity index (χ2n) is 3.97. The molecule has 72 valence electrons. The Morgan fingerprint density at radius 2 is 2.38 bits per heavy atom. The van der Waals surface area contributed by atoms with Crippen LogP contribution < -0.4 is 0 Å². The quantitative estimate of drug-likeness (QED) is 0.667. The summed E-state index contributed by atoms with van der Waals surface area (Å²) in [6.45, 7) is 2.26. The highest BCUT2D eigenvalue weighted by Crippen LogP contribution is 2.26. The smallest absolute Gasteiger partial charge is 0.0495 e. The SMILES string of the molecule is CCC1=CC(Cc2c[nH][nH]2)CCC1. The van der Waals surface area contributed by atoms with Gasteiger partial charge in [0.05, 0.1) is 0 Å². The fraction of sp³-hybridized carbons (Fsp3) is 0.636. The van der Waals surface area contributed by atoms with Crippen LogP contribution in [0.4, 0.5) is 0 Å². The van der Waals surface area contributed by atoms with Crippen molar-refractivity contribution in [3.8, 4) is 0 Å². The number of aromatic amines is 2. The molecule has 0 fully saturated rings. The van der Waals surface area contributed by atoms with Crippen LogP contribution >= 0.6 is 0 Å². The fourth-order valence-corrected chi connectivity index (χ4v) is 2.11. The molecule has 1 unspecified atom stereocenters. The van der Waals surface area contributed by atoms with Crippen molar-refractivity contribution in [2.45, 2.75) is 39.0 Å². The van der Waals surface area contributed by atoms with Crippen LogP contribution in [-0.2, 0) is 6.42 Å². The predicted molar refractivity (Wildman–Crippen MR) is 54.6 cm³/mol. The predicted octanol–water partition coefficient (Wildman–Crippen LogP) is 3.02. The van der Waals surface area contributed by atoms with E-state index < -0.39 is 0 Å². The van der Waals surface area contributed by atoms with Crippen LogP contribution in [0.5, 0.6) is 0 Å². The molecule has 1 aromatic heterocycles. The van der Waals surface area contributed by atoms with E-state index in [1.807, 2.05) is 0 Å². The van der Waals surface area contributed by atoms with Gasteiger partial charge in [-0.3, -0.25) is 0 Å². The van der Waals surface area contributed by atoms with Crippen LogP contribution in [0.15, 0.2) is 17.8 Å². The summed E-state index contributed by atoms with van der Waals surface area (Å²) in [6, 6.07) is 0. The van der Waals surface area contributed by atoms with Gasteiger partial charge in [-0.15, -0.1) is 0 Å². The molecular weight excluding hydrogens is 160 g/mol. The largest absolute Gasteiger partial charge is 0.307 e. The molecule has 1 atom stereocenters. The normalized spacial score (nSPS) is 23.2. The minimum Gasteiger partial charge on any atom is -0.307 e. The van der Waals surface area contributed by atoms with Gasteiger partial charge in [0.15, 0.2) is 0 Å². The third kappa shape index (κ3) is 2.06. The number of allylic oxidation sites excluding steroid dienone is 2. The first-order valence-corrected chi connectivity index (χ1v) is 5.28. The lowest BCUT2D eigenvalue weighted by Crippen LogP contribution is -2.10. The van der Waals surface area contributed by atoms with E-state index in [0.717, 1.165) is 5.92 Å². The van der Waals surface area contributed by atoms with E-state index in [2.05, 4.69) is 29.4 Å². The molecule has 2 N–H and O–H groups in total. The van der Waals surface area contributed by atoms with Crippen molar-refractivity contribution < 1.29 is 0 Å². The number of hydrogen-bond donors (Lipinski definition) is 2. The van der Waals surface area contributed by atoms with Crippen molar-refractivity contribution >= 4 is 0 Å². The molecule has 13 heavy (non-hydrogen) atoms. The zero-order valence-corrected chi connectivity index (χ0v) is 8.27. The molecule has 0 spiro atoms. The van der Waals surface area contributed by atoms with Crippen molar-refractivity contribution in [1.29, 1.82) is 0 Å². The van der Waals surface area contributed by atoms with Gasteiger partial charge < -0.3 is 10.2 Å². The average molecular weight is 178 g/mol. The van der Waals surface area contributed by atoms with E-state index in [0.29, 0.717) is 0 Å². The number of H-pyrrole nitrogens is 2. The molecule has 0 saturated carbocycles. The van der Waals surface area contributed by atoms with Crippen molar-refractivity contribution in [2.75, 3.05) is 0 Å². The Balaban J connectivity index is 1.94. The lowest BCUT2D eigenvalue weighted by molar-refractivity contribution is 0.507. The third-order valence-electron chi connectivity index (χ3n) is 2.96. The lowest BCUT2D eigenvalue weighted by Gasteiger charge is -2.20. The summed E-state index contributed by atoms with van der Waals surface area (Å²) in [5, 5.41) is 6.05. The summed E-state index contributed by atoms with van der Waals surface area (Å²) < 4.78 is 0. The van der Waals surface area contributed by atoms with Crippen molar-refractivity contribution in [1.82, 2.24) is 10.2 Å². The molecule has 0 aliphatic heterocycles. The Morgan fingerprint density at radius 1 is 1.54 bits per heavy atom. The summed E-state index contributed by atoms with van der Waals surface area (Å²) in [5.74, 6) is 0.782. The number of aromatic nitrogens is 2. The van der Waals surface area contributed by atoms with E-state index >= 15 is 0 Å². The highest BCUT2D eigenvalue weighted by Gasteiger charge is 2.13. The Labute approximate surface area is 79.4 Å². The Morgan fingerprint density at radius 3 is 3.00 bits per heavy atom. The second-order valence-corrected chi connectivity index (χ2v) is 3.97. The first kappa shape index (κ1) is 8.67. The summed E-state index contributed by atoms with van der Waals surface area (Å²) in [4.78, 5) is 0. The molecule has 0 radical (unpaired) electrons. The summed E-state index contributed by atoms with van der Waals surface area (Å²) in [6.07, 6.45) is 11.1. The van der Waals surface area contributed by atoms with Gasteiger partial charge in [0, 0.05) is 11.9 Å². The van der Waals surface area contributed by atoms with Gasteiger partial charge in [-0.25, -0.2) is 0 Å². The van der Waals surface area contributed by atoms with E-state index in [-0.39, 0.29) is 0 Å². The van der Waals surface area contributed by atoms with Crippen LogP contribution in [0.3, 0.4) is 0 Å². The molecule has 0 bridgehead atoms. The molecular formula is C11H18N2. The lowest BCUT2D eigenvalue weighted by atomic mass is 9.87. The van der Waals surface area contributed by atoms with Gasteiger partial charge in [0.25, 0.3) is 0 Å². The summed E-state index contributed by atoms with van der Waals surface area (Å²) >= 11 is 0. The maximum Gasteiger partial charge on any atom is 0.0495 e. The van der Waals surface area contributed by atoms with Crippen molar-refractivity contribution in [3.63, 3.8) is 0 Å². The zero-order chi connectivity index (χ0) is 9.10. The van der Waals surface area contributed by atoms with Gasteiger partial charge in [0.1, 0.15) is 0 Å². The molecule has 0 saturated heterocycles. The van der Waals surface area contributed by atoms with Gasteiger partial charge in [-0.2, -0.15) is 0 Å². The minimum absolute atomic E-state index is 0.782. The van der Waals surface area contributed by atoms with Crippen LogP contribution in [0.2, 0.25) is 0 Å². The molecule has 2 rings (SSSR count). The summed E-state index contributed by atoms with van der Waals surface area (Å²) in [5.41, 5.74) is 3.02. The third-order valence-corrected chi connectivity index (χ3v) is 2.96. The monoisotopic (exact) mass is 178 g/mol. The molecule has 2 heteroatoms. The first-order chi connectivity index (χ1) is 6.38. The number of hydrogen-bond acceptors (Lipinski definition) is 0. The van der Waals surface area contributed by atoms with Gasteiger partial charge in [-0.05, 0) is 38.0 Å². The minimum atomic E-state index is 0.782. The van der Waals surface area contributed by atoms with E-state index in [4.69, 9.17) is 0 Å². The van der Waals surface area contributed by atoms with Crippen LogP contribution in [0.25, 0.3) is 0 Å². The summed E-state index contributed by atoms with van der Waals surface area (Å²) in [7, 11) is 0. The Kier molecular flexibility index (Phi) is 2.57. The topological polar surface area (TPSA) is 31.6 Å². The molecule has 0 aromatic carbocycles. The maximum atomic E-state index is 3.11. The van der Waals surface area contributed by atoms with E-state index in [1.165, 1.54) is 37.8 Å². The standard InChI is InChI=1S/C11H18N2/c1-2-9-4-3-5-10(6-9)7-11-8-12-13-11/h6,8,10,12-13H,2-5,7H2,1H3. The van der Waals surface area contributed by atoms with Crippen LogP contribution in [-0.4, -0.2) is 10.2 Å². The maximum absolute atomic E-state index is 3.11. The van der Waals surface area contributed by atoms with Crippen LogP contribution in [0, 0.1) is 5.92 Å². The zero-order valence-electron chi connectivity index (χ0n) is 8.27. The first-order valence-electron chi connectivity index (χ1n) is 5.28. The molecule has 0 amide bonds. The van der Waals surface area contributed by atoms with Gasteiger partial charge in [0.2, 0.25) is 0 Å². The molecule has 1 heterocycles.